The number of nitrogens with zero attached hydrogens (tertiary/aromatic N) is 3. The second-order valence-corrected chi connectivity index (χ2v) is 6.02. The molecule has 21 heavy (non-hydrogen) atoms. The highest BCUT2D eigenvalue weighted by atomic mass is 32.2. The van der Waals surface area contributed by atoms with Gasteiger partial charge in [0.25, 0.3) is 0 Å². The van der Waals surface area contributed by atoms with Crippen LogP contribution in [-0.4, -0.2) is 27.1 Å². The molecule has 2 aromatic rings. The van der Waals surface area contributed by atoms with E-state index < -0.39 is 0 Å². The van der Waals surface area contributed by atoms with Crippen molar-refractivity contribution in [3.8, 4) is 5.75 Å². The van der Waals surface area contributed by atoms with E-state index >= 15 is 0 Å². The van der Waals surface area contributed by atoms with Crippen LogP contribution in [0.5, 0.6) is 5.75 Å². The molecular formula is C15H20N4OS. The van der Waals surface area contributed by atoms with Gasteiger partial charge in [-0.25, -0.2) is 0 Å². The van der Waals surface area contributed by atoms with Crippen LogP contribution in [0.3, 0.4) is 0 Å². The molecule has 0 aliphatic carbocycles. The Kier molecular flexibility index (Phi) is 4.45. The molecule has 112 valence electrons. The van der Waals surface area contributed by atoms with Crippen molar-refractivity contribution >= 4 is 11.8 Å². The van der Waals surface area contributed by atoms with Gasteiger partial charge in [-0.15, -0.1) is 10.2 Å². The number of benzene rings is 1. The summed E-state index contributed by atoms with van der Waals surface area (Å²) in [7, 11) is 0. The van der Waals surface area contributed by atoms with Gasteiger partial charge >= 0.3 is 0 Å². The quantitative estimate of drug-likeness (QED) is 0.859. The van der Waals surface area contributed by atoms with E-state index in [0.29, 0.717) is 12.5 Å². The third kappa shape index (κ3) is 2.91. The van der Waals surface area contributed by atoms with Gasteiger partial charge < -0.3 is 15.0 Å². The lowest BCUT2D eigenvalue weighted by Crippen LogP contribution is -2.16. The number of para-hydroxylation sites is 1. The second kappa shape index (κ2) is 6.49. The molecule has 0 saturated carbocycles. The van der Waals surface area contributed by atoms with E-state index in [2.05, 4.69) is 33.8 Å². The van der Waals surface area contributed by atoms with Crippen LogP contribution >= 0.6 is 11.8 Å². The van der Waals surface area contributed by atoms with Crippen LogP contribution < -0.4 is 10.5 Å². The number of ether oxygens (including phenoxy) is 1. The standard InChI is InChI=1S/C15H20N4OS/c1-2-19-14(9-16)17-18-15(19)21-10-11-7-8-20-13-6-4-3-5-12(11)13/h3-6,11H,2,7-10,16H2,1H3. The maximum Gasteiger partial charge on any atom is 0.191 e. The van der Waals surface area contributed by atoms with Crippen molar-refractivity contribution in [2.24, 2.45) is 5.73 Å². The molecule has 0 radical (unpaired) electrons. The molecule has 0 amide bonds. The zero-order valence-electron chi connectivity index (χ0n) is 12.2. The molecule has 2 N–H and O–H groups in total. The molecule has 1 aliphatic rings. The Morgan fingerprint density at radius 3 is 3.05 bits per heavy atom. The first kappa shape index (κ1) is 14.4. The molecule has 1 unspecified atom stereocenters. The first-order valence-corrected chi connectivity index (χ1v) is 8.28. The average molecular weight is 304 g/mol. The van der Waals surface area contributed by atoms with Crippen LogP contribution in [0.1, 0.15) is 30.7 Å². The summed E-state index contributed by atoms with van der Waals surface area (Å²) >= 11 is 1.76. The molecule has 0 spiro atoms. The van der Waals surface area contributed by atoms with Crippen LogP contribution in [0.2, 0.25) is 0 Å². The van der Waals surface area contributed by atoms with Crippen molar-refractivity contribution in [1.29, 1.82) is 0 Å². The zero-order chi connectivity index (χ0) is 14.7. The smallest absolute Gasteiger partial charge is 0.191 e. The molecule has 1 aromatic carbocycles. The van der Waals surface area contributed by atoms with Gasteiger partial charge in [0, 0.05) is 18.2 Å². The third-order valence-electron chi connectivity index (χ3n) is 3.79. The highest BCUT2D eigenvalue weighted by Crippen LogP contribution is 2.36. The molecule has 1 atom stereocenters. The normalized spacial score (nSPS) is 17.3. The molecule has 5 nitrogen and oxygen atoms in total. The molecule has 2 heterocycles. The second-order valence-electron chi connectivity index (χ2n) is 5.03. The first-order valence-electron chi connectivity index (χ1n) is 7.30. The summed E-state index contributed by atoms with van der Waals surface area (Å²) in [6.45, 7) is 4.17. The SMILES string of the molecule is CCn1c(CN)nnc1SCC1CCOc2ccccc21. The summed E-state index contributed by atoms with van der Waals surface area (Å²) in [6.07, 6.45) is 1.05. The van der Waals surface area contributed by atoms with Crippen molar-refractivity contribution in [2.45, 2.75) is 37.5 Å². The van der Waals surface area contributed by atoms with E-state index in [-0.39, 0.29) is 0 Å². The first-order chi connectivity index (χ1) is 10.3. The van der Waals surface area contributed by atoms with E-state index in [4.69, 9.17) is 10.5 Å². The summed E-state index contributed by atoms with van der Waals surface area (Å²) in [5.74, 6) is 3.37. The van der Waals surface area contributed by atoms with E-state index in [1.807, 2.05) is 12.1 Å². The number of fused-ring (bicyclic) bond motifs is 1. The fourth-order valence-electron chi connectivity index (χ4n) is 2.66. The Hall–Kier alpha value is -1.53. The zero-order valence-corrected chi connectivity index (χ0v) is 13.0. The Morgan fingerprint density at radius 2 is 2.24 bits per heavy atom. The number of hydrogen-bond acceptors (Lipinski definition) is 5. The summed E-state index contributed by atoms with van der Waals surface area (Å²) in [5.41, 5.74) is 7.00. The molecule has 1 aliphatic heterocycles. The van der Waals surface area contributed by atoms with Gasteiger partial charge in [0.2, 0.25) is 0 Å². The maximum atomic E-state index is 5.71. The van der Waals surface area contributed by atoms with Gasteiger partial charge in [-0.05, 0) is 25.0 Å². The Bertz CT molecular complexity index is 613. The van der Waals surface area contributed by atoms with E-state index in [0.717, 1.165) is 42.1 Å². The number of rotatable bonds is 5. The monoisotopic (exact) mass is 304 g/mol. The maximum absolute atomic E-state index is 5.71. The fourth-order valence-corrected chi connectivity index (χ4v) is 3.84. The van der Waals surface area contributed by atoms with Crippen molar-refractivity contribution < 1.29 is 4.74 Å². The molecular weight excluding hydrogens is 284 g/mol. The van der Waals surface area contributed by atoms with Crippen molar-refractivity contribution in [1.82, 2.24) is 14.8 Å². The molecule has 3 rings (SSSR count). The van der Waals surface area contributed by atoms with Crippen molar-refractivity contribution in [2.75, 3.05) is 12.4 Å². The Morgan fingerprint density at radius 1 is 1.38 bits per heavy atom. The van der Waals surface area contributed by atoms with Crippen LogP contribution in [0.25, 0.3) is 0 Å². The van der Waals surface area contributed by atoms with E-state index in [9.17, 15) is 0 Å². The third-order valence-corrected chi connectivity index (χ3v) is 4.92. The summed E-state index contributed by atoms with van der Waals surface area (Å²) in [4.78, 5) is 0. The van der Waals surface area contributed by atoms with Crippen molar-refractivity contribution in [3.63, 3.8) is 0 Å². The minimum Gasteiger partial charge on any atom is -0.493 e. The minimum atomic E-state index is 0.432. The highest BCUT2D eigenvalue weighted by Gasteiger charge is 2.22. The fraction of sp³-hybridized carbons (Fsp3) is 0.467. The topological polar surface area (TPSA) is 66.0 Å². The summed E-state index contributed by atoms with van der Waals surface area (Å²) < 4.78 is 7.81. The van der Waals surface area contributed by atoms with Crippen molar-refractivity contribution in [3.05, 3.63) is 35.7 Å². The molecule has 0 saturated heterocycles. The van der Waals surface area contributed by atoms with Crippen LogP contribution in [0, 0.1) is 0 Å². The average Bonchev–Trinajstić information content (AvgIpc) is 2.94. The van der Waals surface area contributed by atoms with Gasteiger partial charge in [-0.3, -0.25) is 0 Å². The summed E-state index contributed by atoms with van der Waals surface area (Å²) in [5, 5.41) is 9.38. The van der Waals surface area contributed by atoms with Crippen LogP contribution in [0.15, 0.2) is 29.4 Å². The predicted molar refractivity (Wildman–Crippen MR) is 83.6 cm³/mol. The summed E-state index contributed by atoms with van der Waals surface area (Å²) in [6, 6.07) is 8.31. The van der Waals surface area contributed by atoms with Crippen LogP contribution in [-0.2, 0) is 13.1 Å². The van der Waals surface area contributed by atoms with Gasteiger partial charge in [0.15, 0.2) is 5.16 Å². The van der Waals surface area contributed by atoms with Gasteiger partial charge in [0.05, 0.1) is 13.2 Å². The molecule has 0 bridgehead atoms. The lowest BCUT2D eigenvalue weighted by Gasteiger charge is -2.25. The number of hydrogen-bond donors (Lipinski definition) is 1. The molecule has 1 aromatic heterocycles. The highest BCUT2D eigenvalue weighted by molar-refractivity contribution is 7.99. The number of thioether (sulfide) groups is 1. The lowest BCUT2D eigenvalue weighted by molar-refractivity contribution is 0.273. The molecule has 0 fully saturated rings. The number of aromatic nitrogens is 3. The largest absolute Gasteiger partial charge is 0.493 e. The number of nitrogens with two attached hydrogens (primary N) is 1. The Balaban J connectivity index is 1.73. The van der Waals surface area contributed by atoms with Crippen LogP contribution in [0.4, 0.5) is 0 Å². The van der Waals surface area contributed by atoms with E-state index in [1.54, 1.807) is 11.8 Å². The van der Waals surface area contributed by atoms with Gasteiger partial charge in [-0.2, -0.15) is 0 Å². The van der Waals surface area contributed by atoms with Gasteiger partial charge in [0.1, 0.15) is 11.6 Å². The van der Waals surface area contributed by atoms with E-state index in [1.165, 1.54) is 5.56 Å². The lowest BCUT2D eigenvalue weighted by atomic mass is 9.95. The molecule has 6 heteroatoms. The van der Waals surface area contributed by atoms with Gasteiger partial charge in [-0.1, -0.05) is 30.0 Å². The minimum absolute atomic E-state index is 0.432. The Labute approximate surface area is 128 Å². The predicted octanol–water partition coefficient (Wildman–Crippen LogP) is 2.42.